The summed E-state index contributed by atoms with van der Waals surface area (Å²) in [5, 5.41) is 4.29. The molecule has 0 saturated heterocycles. The molecule has 0 atom stereocenters. The van der Waals surface area contributed by atoms with Gasteiger partial charge < -0.3 is 4.57 Å². The first-order valence-corrected chi connectivity index (χ1v) is 5.34. The molecule has 0 N–H and O–H groups in total. The predicted molar refractivity (Wildman–Crippen MR) is 56.6 cm³/mol. The summed E-state index contributed by atoms with van der Waals surface area (Å²) in [4.78, 5) is 4.22. The van der Waals surface area contributed by atoms with E-state index in [4.69, 9.17) is 0 Å². The van der Waals surface area contributed by atoms with Crippen molar-refractivity contribution in [1.82, 2.24) is 19.3 Å². The first kappa shape index (κ1) is 8.71. The van der Waals surface area contributed by atoms with E-state index in [0.29, 0.717) is 6.04 Å². The molecule has 4 heteroatoms. The lowest BCUT2D eigenvalue weighted by molar-refractivity contribution is 0.604. The van der Waals surface area contributed by atoms with E-state index in [1.165, 1.54) is 24.2 Å². The maximum atomic E-state index is 4.29. The topological polar surface area (TPSA) is 35.6 Å². The van der Waals surface area contributed by atoms with Crippen molar-refractivity contribution in [3.63, 3.8) is 0 Å². The van der Waals surface area contributed by atoms with Gasteiger partial charge in [-0.05, 0) is 25.8 Å². The summed E-state index contributed by atoms with van der Waals surface area (Å²) in [6.07, 6.45) is 8.31. The van der Waals surface area contributed by atoms with Crippen LogP contribution in [0.2, 0.25) is 0 Å². The van der Waals surface area contributed by atoms with Crippen LogP contribution in [0.1, 0.15) is 30.3 Å². The number of hydrogen-bond donors (Lipinski definition) is 0. The Bertz CT molecular complexity index is 464. The standard InChI is InChI=1S/C11H14N4/c1-9-4-5-13-15(9)7-11-6-12-8-14(11)10-2-3-10/h4-6,8,10H,2-3,7H2,1H3. The molecule has 1 aliphatic carbocycles. The third-order valence-electron chi connectivity index (χ3n) is 2.93. The van der Waals surface area contributed by atoms with Crippen LogP contribution in [0.5, 0.6) is 0 Å². The van der Waals surface area contributed by atoms with Crippen molar-refractivity contribution in [1.29, 1.82) is 0 Å². The highest BCUT2D eigenvalue weighted by atomic mass is 15.3. The lowest BCUT2D eigenvalue weighted by Crippen LogP contribution is -2.08. The maximum Gasteiger partial charge on any atom is 0.0951 e. The monoisotopic (exact) mass is 202 g/mol. The minimum atomic E-state index is 0.693. The van der Waals surface area contributed by atoms with Gasteiger partial charge in [-0.15, -0.1) is 0 Å². The Morgan fingerprint density at radius 3 is 3.00 bits per heavy atom. The van der Waals surface area contributed by atoms with Gasteiger partial charge in [-0.1, -0.05) is 0 Å². The first-order valence-electron chi connectivity index (χ1n) is 5.34. The van der Waals surface area contributed by atoms with Crippen molar-refractivity contribution in [2.45, 2.75) is 32.4 Å². The van der Waals surface area contributed by atoms with Crippen LogP contribution in [0.15, 0.2) is 24.8 Å². The average molecular weight is 202 g/mol. The van der Waals surface area contributed by atoms with Gasteiger partial charge in [0.1, 0.15) is 0 Å². The molecule has 1 saturated carbocycles. The maximum absolute atomic E-state index is 4.29. The van der Waals surface area contributed by atoms with E-state index in [1.807, 2.05) is 29.5 Å². The molecule has 0 aromatic carbocycles. The molecule has 2 aromatic heterocycles. The minimum Gasteiger partial charge on any atom is -0.330 e. The molecule has 2 heterocycles. The molecule has 1 fully saturated rings. The molecule has 4 nitrogen and oxygen atoms in total. The summed E-state index contributed by atoms with van der Waals surface area (Å²) in [6.45, 7) is 2.90. The summed E-state index contributed by atoms with van der Waals surface area (Å²) in [5.41, 5.74) is 2.45. The summed E-state index contributed by atoms with van der Waals surface area (Å²) in [7, 11) is 0. The molecule has 78 valence electrons. The van der Waals surface area contributed by atoms with Crippen LogP contribution < -0.4 is 0 Å². The van der Waals surface area contributed by atoms with Crippen LogP contribution in [0, 0.1) is 6.92 Å². The van der Waals surface area contributed by atoms with Crippen LogP contribution in [0.4, 0.5) is 0 Å². The number of aromatic nitrogens is 4. The summed E-state index contributed by atoms with van der Waals surface area (Å²) in [6, 6.07) is 2.72. The SMILES string of the molecule is Cc1ccnn1Cc1cncn1C1CC1. The van der Waals surface area contributed by atoms with Crippen molar-refractivity contribution in [2.75, 3.05) is 0 Å². The van der Waals surface area contributed by atoms with Crippen molar-refractivity contribution in [3.05, 3.63) is 36.2 Å². The molecular weight excluding hydrogens is 188 g/mol. The van der Waals surface area contributed by atoms with E-state index in [1.54, 1.807) is 0 Å². The van der Waals surface area contributed by atoms with E-state index in [0.717, 1.165) is 6.54 Å². The van der Waals surface area contributed by atoms with Gasteiger partial charge in [0, 0.05) is 17.9 Å². The second kappa shape index (κ2) is 3.22. The van der Waals surface area contributed by atoms with Crippen molar-refractivity contribution in [3.8, 4) is 0 Å². The molecule has 0 unspecified atom stereocenters. The second-order valence-corrected chi connectivity index (χ2v) is 4.15. The number of imidazole rings is 1. The van der Waals surface area contributed by atoms with Crippen LogP contribution in [0.25, 0.3) is 0 Å². The molecular formula is C11H14N4. The predicted octanol–water partition coefficient (Wildman–Crippen LogP) is 1.77. The van der Waals surface area contributed by atoms with Gasteiger partial charge >= 0.3 is 0 Å². The first-order chi connectivity index (χ1) is 7.34. The number of hydrogen-bond acceptors (Lipinski definition) is 2. The molecule has 0 radical (unpaired) electrons. The largest absolute Gasteiger partial charge is 0.330 e. The number of aryl methyl sites for hydroxylation is 1. The quantitative estimate of drug-likeness (QED) is 0.760. The van der Waals surface area contributed by atoms with Gasteiger partial charge in [0.15, 0.2) is 0 Å². The number of nitrogens with zero attached hydrogens (tertiary/aromatic N) is 4. The van der Waals surface area contributed by atoms with Gasteiger partial charge in [-0.2, -0.15) is 5.10 Å². The van der Waals surface area contributed by atoms with E-state index < -0.39 is 0 Å². The lowest BCUT2D eigenvalue weighted by Gasteiger charge is -2.07. The van der Waals surface area contributed by atoms with Gasteiger partial charge in [0.25, 0.3) is 0 Å². The highest BCUT2D eigenvalue weighted by molar-refractivity contribution is 5.06. The van der Waals surface area contributed by atoms with E-state index in [-0.39, 0.29) is 0 Å². The molecule has 0 amide bonds. The molecule has 2 aromatic rings. The highest BCUT2D eigenvalue weighted by Gasteiger charge is 2.25. The minimum absolute atomic E-state index is 0.693. The highest BCUT2D eigenvalue weighted by Crippen LogP contribution is 2.35. The zero-order chi connectivity index (χ0) is 10.3. The Labute approximate surface area is 88.6 Å². The molecule has 0 bridgehead atoms. The fourth-order valence-electron chi connectivity index (χ4n) is 1.85. The van der Waals surface area contributed by atoms with Crippen LogP contribution in [-0.4, -0.2) is 19.3 Å². The zero-order valence-electron chi connectivity index (χ0n) is 8.80. The van der Waals surface area contributed by atoms with E-state index in [2.05, 4.69) is 21.6 Å². The molecule has 0 aliphatic heterocycles. The Morgan fingerprint density at radius 1 is 1.47 bits per heavy atom. The van der Waals surface area contributed by atoms with E-state index in [9.17, 15) is 0 Å². The Hall–Kier alpha value is -1.58. The van der Waals surface area contributed by atoms with Gasteiger partial charge in [0.2, 0.25) is 0 Å². The fraction of sp³-hybridized carbons (Fsp3) is 0.455. The lowest BCUT2D eigenvalue weighted by atomic mass is 10.4. The third-order valence-corrected chi connectivity index (χ3v) is 2.93. The Balaban J connectivity index is 1.87. The Kier molecular flexibility index (Phi) is 1.87. The molecule has 1 aliphatic rings. The zero-order valence-corrected chi connectivity index (χ0v) is 8.80. The van der Waals surface area contributed by atoms with Crippen molar-refractivity contribution >= 4 is 0 Å². The summed E-state index contributed by atoms with van der Waals surface area (Å²) >= 11 is 0. The normalized spacial score (nSPS) is 15.8. The van der Waals surface area contributed by atoms with Crippen LogP contribution in [0.3, 0.4) is 0 Å². The molecule has 0 spiro atoms. The molecule has 15 heavy (non-hydrogen) atoms. The van der Waals surface area contributed by atoms with Gasteiger partial charge in [-0.3, -0.25) is 4.68 Å². The second-order valence-electron chi connectivity index (χ2n) is 4.15. The van der Waals surface area contributed by atoms with Crippen molar-refractivity contribution < 1.29 is 0 Å². The van der Waals surface area contributed by atoms with Crippen LogP contribution in [-0.2, 0) is 6.54 Å². The van der Waals surface area contributed by atoms with Crippen LogP contribution >= 0.6 is 0 Å². The average Bonchev–Trinajstić information content (AvgIpc) is 2.85. The fourth-order valence-corrected chi connectivity index (χ4v) is 1.85. The summed E-state index contributed by atoms with van der Waals surface area (Å²) in [5.74, 6) is 0. The molecule has 3 rings (SSSR count). The van der Waals surface area contributed by atoms with E-state index >= 15 is 0 Å². The van der Waals surface area contributed by atoms with Gasteiger partial charge in [-0.25, -0.2) is 4.98 Å². The van der Waals surface area contributed by atoms with Gasteiger partial charge in [0.05, 0.1) is 24.8 Å². The Morgan fingerprint density at radius 2 is 2.33 bits per heavy atom. The number of rotatable bonds is 3. The third kappa shape index (κ3) is 1.56. The summed E-state index contributed by atoms with van der Waals surface area (Å²) < 4.78 is 4.29. The smallest absolute Gasteiger partial charge is 0.0951 e. The van der Waals surface area contributed by atoms with Crippen molar-refractivity contribution in [2.24, 2.45) is 0 Å².